The predicted molar refractivity (Wildman–Crippen MR) is 141 cm³/mol. The topological polar surface area (TPSA) is 111 Å². The van der Waals surface area contributed by atoms with Crippen molar-refractivity contribution in [3.05, 3.63) is 76.9 Å². The van der Waals surface area contributed by atoms with Crippen molar-refractivity contribution in [2.75, 3.05) is 18.1 Å². The largest absolute Gasteiger partial charge is 0.455 e. The van der Waals surface area contributed by atoms with Gasteiger partial charge in [0.05, 0.1) is 17.5 Å². The lowest BCUT2D eigenvalue weighted by molar-refractivity contribution is -0.151. The van der Waals surface area contributed by atoms with E-state index in [0.29, 0.717) is 9.47 Å². The number of rotatable bonds is 7. The second-order valence-electron chi connectivity index (χ2n) is 8.80. The monoisotopic (exact) mass is 555 g/mol. The van der Waals surface area contributed by atoms with Crippen LogP contribution in [0.2, 0.25) is 0 Å². The summed E-state index contributed by atoms with van der Waals surface area (Å²) in [5, 5.41) is 13.9. The molecule has 2 aromatic carbocycles. The van der Waals surface area contributed by atoms with E-state index in [1.807, 2.05) is 6.08 Å². The van der Waals surface area contributed by atoms with Gasteiger partial charge in [0.1, 0.15) is 11.6 Å². The van der Waals surface area contributed by atoms with Gasteiger partial charge in [0.2, 0.25) is 5.13 Å². The second kappa shape index (κ2) is 11.4. The van der Waals surface area contributed by atoms with E-state index < -0.39 is 24.5 Å². The average molecular weight is 556 g/mol. The van der Waals surface area contributed by atoms with Gasteiger partial charge < -0.3 is 10.5 Å². The lowest BCUT2D eigenvalue weighted by Gasteiger charge is -2.29. The fourth-order valence-corrected chi connectivity index (χ4v) is 6.04. The van der Waals surface area contributed by atoms with E-state index in [-0.39, 0.29) is 23.3 Å². The maximum absolute atomic E-state index is 13.7. The van der Waals surface area contributed by atoms with Crippen molar-refractivity contribution >= 4 is 51.9 Å². The van der Waals surface area contributed by atoms with Gasteiger partial charge in [0, 0.05) is 5.92 Å². The van der Waals surface area contributed by atoms with Crippen molar-refractivity contribution in [3.63, 3.8) is 0 Å². The molecule has 1 aliphatic heterocycles. The normalized spacial score (nSPS) is 19.8. The minimum atomic E-state index is -0.586. The number of nitrogen functional groups attached to an aromatic ring is 1. The number of nitrogens with zero attached hydrogens (tertiary/aromatic N) is 4. The Hall–Kier alpha value is -3.64. The van der Waals surface area contributed by atoms with Crippen LogP contribution in [-0.4, -0.2) is 45.2 Å². The molecule has 196 valence electrons. The number of hydrogen-bond acceptors (Lipinski definition) is 9. The molecule has 2 N–H and O–H groups in total. The molecule has 1 aromatic heterocycles. The molecular weight excluding hydrogens is 532 g/mol. The third-order valence-electron chi connectivity index (χ3n) is 6.27. The van der Waals surface area contributed by atoms with E-state index in [2.05, 4.69) is 10.2 Å². The van der Waals surface area contributed by atoms with Crippen LogP contribution in [0.25, 0.3) is 6.08 Å². The van der Waals surface area contributed by atoms with Crippen molar-refractivity contribution in [2.24, 2.45) is 11.0 Å². The molecule has 0 bridgehead atoms. The Morgan fingerprint density at radius 3 is 2.50 bits per heavy atom. The Bertz CT molecular complexity index is 1390. The molecule has 1 amide bonds. The van der Waals surface area contributed by atoms with Gasteiger partial charge in [0.15, 0.2) is 10.9 Å². The number of anilines is 1. The number of nitrogens with two attached hydrogens (primary N) is 1. The predicted octanol–water partition coefficient (Wildman–Crippen LogP) is 4.86. The maximum atomic E-state index is 13.7. The van der Waals surface area contributed by atoms with E-state index in [0.717, 1.165) is 64.8 Å². The first kappa shape index (κ1) is 26.0. The zero-order valence-corrected chi connectivity index (χ0v) is 21.7. The highest BCUT2D eigenvalue weighted by molar-refractivity contribution is 8.01. The Morgan fingerprint density at radius 2 is 1.82 bits per heavy atom. The summed E-state index contributed by atoms with van der Waals surface area (Å²) in [7, 11) is 0. The molecule has 8 nitrogen and oxygen atoms in total. The number of hydrazone groups is 1. The number of carbonyl (C=O) groups excluding carboxylic acids is 2. The molecule has 2 aliphatic rings. The Balaban J connectivity index is 1.35. The Kier molecular flexibility index (Phi) is 7.79. The summed E-state index contributed by atoms with van der Waals surface area (Å²) >= 11 is 2.28. The minimum absolute atomic E-state index is 0.0506. The Morgan fingerprint density at radius 1 is 1.11 bits per heavy atom. The number of aromatic nitrogens is 2. The summed E-state index contributed by atoms with van der Waals surface area (Å²) in [5.74, 6) is -1.93. The summed E-state index contributed by atoms with van der Waals surface area (Å²) in [6.07, 6.45) is 4.37. The molecule has 2 unspecified atom stereocenters. The zero-order valence-electron chi connectivity index (χ0n) is 20.0. The summed E-state index contributed by atoms with van der Waals surface area (Å²) < 4.78 is 32.8. The van der Waals surface area contributed by atoms with Crippen molar-refractivity contribution < 1.29 is 23.1 Å². The van der Waals surface area contributed by atoms with Crippen LogP contribution in [-0.2, 0) is 14.3 Å². The van der Waals surface area contributed by atoms with Crippen LogP contribution in [0.1, 0.15) is 36.4 Å². The third kappa shape index (κ3) is 5.91. The fourth-order valence-electron chi connectivity index (χ4n) is 4.61. The lowest BCUT2D eigenvalue weighted by Crippen LogP contribution is -2.34. The molecule has 1 saturated carbocycles. The van der Waals surface area contributed by atoms with E-state index in [9.17, 15) is 18.4 Å². The highest BCUT2D eigenvalue weighted by Gasteiger charge is 2.43. The van der Waals surface area contributed by atoms with Crippen molar-refractivity contribution in [1.82, 2.24) is 15.2 Å². The number of halogens is 2. The number of carbonyl (C=O) groups is 2. The second-order valence-corrected chi connectivity index (χ2v) is 11.0. The SMILES string of the molecule is Nc1nnc(SCC(=O)OCC(=O)N2N=C3C(=Cc4ccc(F)cc4)CCCC3C2c2ccc(F)cc2)s1. The van der Waals surface area contributed by atoms with Crippen LogP contribution in [0.3, 0.4) is 0 Å². The van der Waals surface area contributed by atoms with E-state index >= 15 is 0 Å². The number of hydrogen-bond donors (Lipinski definition) is 1. The van der Waals surface area contributed by atoms with Crippen LogP contribution >= 0.6 is 23.1 Å². The Labute approximate surface area is 225 Å². The molecule has 0 saturated heterocycles. The first-order valence-corrected chi connectivity index (χ1v) is 13.7. The number of allylic oxidation sites excluding steroid dienone is 1. The zero-order chi connectivity index (χ0) is 26.6. The van der Waals surface area contributed by atoms with Crippen LogP contribution in [0.5, 0.6) is 0 Å². The standard InChI is InChI=1S/C26H23F2N5O3S2/c27-18-8-4-15(5-9-18)12-17-2-1-3-20-23(17)32-33(24(20)16-6-10-19(28)11-7-16)21(34)13-36-22(35)14-37-26-31-30-25(29)38-26/h4-12,20,24H,1-3,13-14H2,(H2,29,30). The third-order valence-corrected chi connectivity index (χ3v) is 8.13. The molecule has 0 radical (unpaired) electrons. The fraction of sp³-hybridized carbons (Fsp3) is 0.269. The van der Waals surface area contributed by atoms with Crippen LogP contribution in [0, 0.1) is 17.6 Å². The van der Waals surface area contributed by atoms with Gasteiger partial charge in [-0.25, -0.2) is 13.8 Å². The van der Waals surface area contributed by atoms with E-state index in [4.69, 9.17) is 15.6 Å². The number of amides is 1. The molecule has 0 spiro atoms. The number of fused-ring (bicyclic) bond motifs is 1. The molecule has 38 heavy (non-hydrogen) atoms. The summed E-state index contributed by atoms with van der Waals surface area (Å²) in [4.78, 5) is 25.5. The quantitative estimate of drug-likeness (QED) is 0.328. The number of benzene rings is 2. The highest BCUT2D eigenvalue weighted by atomic mass is 32.2. The van der Waals surface area contributed by atoms with Crippen molar-refractivity contribution in [3.8, 4) is 0 Å². The molecule has 2 atom stereocenters. The summed E-state index contributed by atoms with van der Waals surface area (Å²) in [6, 6.07) is 11.7. The van der Waals surface area contributed by atoms with Gasteiger partial charge in [-0.05, 0) is 66.3 Å². The number of esters is 1. The highest BCUT2D eigenvalue weighted by Crippen LogP contribution is 2.44. The van der Waals surface area contributed by atoms with E-state index in [1.165, 1.54) is 29.3 Å². The maximum Gasteiger partial charge on any atom is 0.316 e. The molecular formula is C26H23F2N5O3S2. The average Bonchev–Trinajstić information content (AvgIpc) is 3.52. The molecule has 1 aliphatic carbocycles. The number of ether oxygens (including phenoxy) is 1. The van der Waals surface area contributed by atoms with Gasteiger partial charge in [0.25, 0.3) is 5.91 Å². The van der Waals surface area contributed by atoms with Crippen LogP contribution in [0.4, 0.5) is 13.9 Å². The van der Waals surface area contributed by atoms with Crippen LogP contribution in [0.15, 0.2) is 63.5 Å². The summed E-state index contributed by atoms with van der Waals surface area (Å²) in [6.45, 7) is -0.490. The van der Waals surface area contributed by atoms with Gasteiger partial charge >= 0.3 is 5.97 Å². The van der Waals surface area contributed by atoms with Gasteiger partial charge in [-0.15, -0.1) is 10.2 Å². The molecule has 5 rings (SSSR count). The van der Waals surface area contributed by atoms with Crippen molar-refractivity contribution in [2.45, 2.75) is 29.6 Å². The molecule has 2 heterocycles. The van der Waals surface area contributed by atoms with Crippen molar-refractivity contribution in [1.29, 1.82) is 0 Å². The van der Waals surface area contributed by atoms with Gasteiger partial charge in [-0.2, -0.15) is 5.10 Å². The molecule has 3 aromatic rings. The first-order valence-electron chi connectivity index (χ1n) is 11.9. The van der Waals surface area contributed by atoms with Gasteiger partial charge in [-0.1, -0.05) is 47.4 Å². The minimum Gasteiger partial charge on any atom is -0.455 e. The number of thioether (sulfide) groups is 1. The first-order chi connectivity index (χ1) is 18.4. The molecule has 1 fully saturated rings. The van der Waals surface area contributed by atoms with E-state index in [1.54, 1.807) is 24.3 Å². The van der Waals surface area contributed by atoms with Gasteiger partial charge in [-0.3, -0.25) is 9.59 Å². The lowest BCUT2D eigenvalue weighted by atomic mass is 9.77. The van der Waals surface area contributed by atoms with Crippen LogP contribution < -0.4 is 5.73 Å². The molecule has 12 heteroatoms. The summed E-state index contributed by atoms with van der Waals surface area (Å²) in [5.41, 5.74) is 8.83. The smallest absolute Gasteiger partial charge is 0.316 e.